The Bertz CT molecular complexity index is 1270. The number of ether oxygens (including phenoxy) is 2. The molecule has 3 aromatic carbocycles. The monoisotopic (exact) mass is 529 g/mol. The minimum atomic E-state index is -0.322. The summed E-state index contributed by atoms with van der Waals surface area (Å²) in [5, 5.41) is 0. The summed E-state index contributed by atoms with van der Waals surface area (Å²) < 4.78 is 11.3. The number of carbonyl (C=O) groups is 2. The van der Waals surface area contributed by atoms with Crippen LogP contribution >= 0.6 is 11.8 Å². The van der Waals surface area contributed by atoms with Gasteiger partial charge in [-0.3, -0.25) is 4.79 Å². The molecule has 2 saturated heterocycles. The van der Waals surface area contributed by atoms with E-state index in [1.165, 1.54) is 21.6 Å². The average Bonchev–Trinajstić information content (AvgIpc) is 3.19. The number of fused-ring (bicyclic) bond motifs is 2. The zero-order chi connectivity index (χ0) is 26.6. The fourth-order valence-corrected chi connectivity index (χ4v) is 6.63. The molecule has 0 spiro atoms. The van der Waals surface area contributed by atoms with E-state index >= 15 is 0 Å². The van der Waals surface area contributed by atoms with Crippen LogP contribution in [0, 0.1) is 13.8 Å². The minimum absolute atomic E-state index is 0.0643. The van der Waals surface area contributed by atoms with Gasteiger partial charge in [-0.15, -0.1) is 11.8 Å². The number of benzene rings is 3. The SMILES string of the molecule is CCOC(=O)c1ccc(OC2CC3CCC(C2)N3C(=O)c2ccc(CSc3cc(C)ccc3C)cc2)cc1. The van der Waals surface area contributed by atoms with Gasteiger partial charge in [-0.25, -0.2) is 4.79 Å². The van der Waals surface area contributed by atoms with E-state index in [1.54, 1.807) is 19.1 Å². The Morgan fingerprint density at radius 3 is 2.21 bits per heavy atom. The van der Waals surface area contributed by atoms with Crippen LogP contribution in [-0.4, -0.2) is 41.6 Å². The Morgan fingerprint density at radius 1 is 0.895 bits per heavy atom. The largest absolute Gasteiger partial charge is 0.490 e. The van der Waals surface area contributed by atoms with Crippen molar-refractivity contribution >= 4 is 23.6 Å². The fraction of sp³-hybridized carbons (Fsp3) is 0.375. The predicted octanol–water partition coefficient (Wildman–Crippen LogP) is 6.99. The Labute approximate surface area is 229 Å². The normalized spacial score (nSPS) is 20.3. The smallest absolute Gasteiger partial charge is 0.338 e. The van der Waals surface area contributed by atoms with Crippen LogP contribution in [0.3, 0.4) is 0 Å². The van der Waals surface area contributed by atoms with E-state index in [0.717, 1.165) is 42.7 Å². The Morgan fingerprint density at radius 2 is 1.55 bits per heavy atom. The van der Waals surface area contributed by atoms with E-state index in [2.05, 4.69) is 49.1 Å². The molecule has 5 nitrogen and oxygen atoms in total. The molecular formula is C32H35NO4S. The summed E-state index contributed by atoms with van der Waals surface area (Å²) in [6.45, 7) is 6.42. The molecule has 2 aliphatic heterocycles. The van der Waals surface area contributed by atoms with Crippen LogP contribution in [-0.2, 0) is 10.5 Å². The van der Waals surface area contributed by atoms with Gasteiger partial charge in [0.1, 0.15) is 11.9 Å². The summed E-state index contributed by atoms with van der Waals surface area (Å²) in [6, 6.07) is 22.2. The summed E-state index contributed by atoms with van der Waals surface area (Å²) in [4.78, 5) is 28.8. The zero-order valence-electron chi connectivity index (χ0n) is 22.3. The van der Waals surface area contributed by atoms with Gasteiger partial charge in [-0.05, 0) is 87.2 Å². The first-order valence-corrected chi connectivity index (χ1v) is 14.5. The lowest BCUT2D eigenvalue weighted by molar-refractivity contribution is 0.0359. The standard InChI is InChI=1S/C32H35NO4S/c1-4-36-32(35)25-11-15-28(16-12-25)37-29-18-26-13-14-27(19-29)33(26)31(34)24-9-7-23(8-10-24)20-38-30-17-21(2)5-6-22(30)3/h5-12,15-17,26-27,29H,4,13-14,18-20H2,1-3H3. The first kappa shape index (κ1) is 26.4. The first-order chi connectivity index (χ1) is 18.4. The van der Waals surface area contributed by atoms with Gasteiger partial charge in [-0.2, -0.15) is 0 Å². The van der Waals surface area contributed by atoms with Crippen molar-refractivity contribution in [1.29, 1.82) is 0 Å². The molecule has 2 heterocycles. The average molecular weight is 530 g/mol. The lowest BCUT2D eigenvalue weighted by atomic mass is 9.98. The second kappa shape index (κ2) is 11.6. The van der Waals surface area contributed by atoms with Gasteiger partial charge in [0, 0.05) is 41.1 Å². The molecule has 0 saturated carbocycles. The maximum absolute atomic E-state index is 13.5. The van der Waals surface area contributed by atoms with Crippen LogP contribution in [0.4, 0.5) is 0 Å². The van der Waals surface area contributed by atoms with Crippen molar-refractivity contribution in [3.63, 3.8) is 0 Å². The van der Waals surface area contributed by atoms with E-state index in [4.69, 9.17) is 9.47 Å². The summed E-state index contributed by atoms with van der Waals surface area (Å²) in [7, 11) is 0. The number of aryl methyl sites for hydroxylation is 2. The van der Waals surface area contributed by atoms with Crippen molar-refractivity contribution in [3.05, 3.63) is 94.5 Å². The zero-order valence-corrected chi connectivity index (χ0v) is 23.1. The highest BCUT2D eigenvalue weighted by atomic mass is 32.2. The van der Waals surface area contributed by atoms with E-state index < -0.39 is 0 Å². The maximum Gasteiger partial charge on any atom is 0.338 e. The molecule has 3 aromatic rings. The predicted molar refractivity (Wildman–Crippen MR) is 151 cm³/mol. The highest BCUT2D eigenvalue weighted by Crippen LogP contribution is 2.38. The van der Waals surface area contributed by atoms with Crippen LogP contribution in [0.2, 0.25) is 0 Å². The number of carbonyl (C=O) groups excluding carboxylic acids is 2. The molecule has 38 heavy (non-hydrogen) atoms. The molecule has 1 amide bonds. The summed E-state index contributed by atoms with van der Waals surface area (Å²) >= 11 is 1.84. The van der Waals surface area contributed by atoms with Gasteiger partial charge in [0.05, 0.1) is 12.2 Å². The number of hydrogen-bond donors (Lipinski definition) is 0. The van der Waals surface area contributed by atoms with E-state index in [-0.39, 0.29) is 30.1 Å². The molecule has 2 atom stereocenters. The van der Waals surface area contributed by atoms with Crippen LogP contribution < -0.4 is 4.74 Å². The number of amides is 1. The third-order valence-corrected chi connectivity index (χ3v) is 8.76. The highest BCUT2D eigenvalue weighted by Gasteiger charge is 2.44. The van der Waals surface area contributed by atoms with Gasteiger partial charge in [0.15, 0.2) is 0 Å². The lowest BCUT2D eigenvalue weighted by Crippen LogP contribution is -2.49. The minimum Gasteiger partial charge on any atom is -0.490 e. The number of hydrogen-bond acceptors (Lipinski definition) is 5. The van der Waals surface area contributed by atoms with Gasteiger partial charge in [0.25, 0.3) is 5.91 Å². The summed E-state index contributed by atoms with van der Waals surface area (Å²) in [5.41, 5.74) is 5.07. The van der Waals surface area contributed by atoms with Crippen molar-refractivity contribution < 1.29 is 19.1 Å². The third kappa shape index (κ3) is 5.91. The molecular weight excluding hydrogens is 494 g/mol. The molecule has 2 fully saturated rings. The van der Waals surface area contributed by atoms with Crippen LogP contribution in [0.25, 0.3) is 0 Å². The van der Waals surface area contributed by atoms with E-state index in [9.17, 15) is 9.59 Å². The third-order valence-electron chi connectivity index (χ3n) is 7.53. The molecule has 6 heteroatoms. The Hall–Kier alpha value is -3.25. The number of thioether (sulfide) groups is 1. The van der Waals surface area contributed by atoms with Gasteiger partial charge >= 0.3 is 5.97 Å². The van der Waals surface area contributed by atoms with E-state index in [1.807, 2.05) is 36.0 Å². The van der Waals surface area contributed by atoms with Gasteiger partial charge < -0.3 is 14.4 Å². The maximum atomic E-state index is 13.5. The topological polar surface area (TPSA) is 55.8 Å². The van der Waals surface area contributed by atoms with Crippen molar-refractivity contribution in [1.82, 2.24) is 4.90 Å². The van der Waals surface area contributed by atoms with Crippen molar-refractivity contribution in [2.24, 2.45) is 0 Å². The number of rotatable bonds is 8. The molecule has 0 radical (unpaired) electrons. The molecule has 198 valence electrons. The van der Waals surface area contributed by atoms with Crippen molar-refractivity contribution in [2.45, 2.75) is 75.3 Å². The van der Waals surface area contributed by atoms with Crippen molar-refractivity contribution in [3.8, 4) is 5.75 Å². The summed E-state index contributed by atoms with van der Waals surface area (Å²) in [6.07, 6.45) is 3.75. The van der Waals surface area contributed by atoms with Crippen LogP contribution in [0.1, 0.15) is 70.0 Å². The molecule has 0 aliphatic carbocycles. The van der Waals surface area contributed by atoms with Crippen LogP contribution in [0.5, 0.6) is 5.75 Å². The molecule has 2 unspecified atom stereocenters. The Kier molecular flexibility index (Phi) is 8.08. The first-order valence-electron chi connectivity index (χ1n) is 13.5. The highest BCUT2D eigenvalue weighted by molar-refractivity contribution is 7.98. The van der Waals surface area contributed by atoms with Crippen LogP contribution in [0.15, 0.2) is 71.6 Å². The summed E-state index contributed by atoms with van der Waals surface area (Å²) in [5.74, 6) is 1.44. The van der Waals surface area contributed by atoms with E-state index in [0.29, 0.717) is 12.2 Å². The van der Waals surface area contributed by atoms with Gasteiger partial charge in [-0.1, -0.05) is 29.8 Å². The fourth-order valence-electron chi connectivity index (χ4n) is 5.55. The second-order valence-corrected chi connectivity index (χ2v) is 11.3. The number of esters is 1. The molecule has 5 rings (SSSR count). The van der Waals surface area contributed by atoms with Gasteiger partial charge in [0.2, 0.25) is 0 Å². The molecule has 0 aromatic heterocycles. The Balaban J connectivity index is 1.17. The molecule has 0 N–H and O–H groups in total. The second-order valence-electron chi connectivity index (χ2n) is 10.3. The van der Waals surface area contributed by atoms with Crippen molar-refractivity contribution in [2.75, 3.05) is 6.61 Å². The molecule has 2 bridgehead atoms. The molecule has 2 aliphatic rings. The quantitative estimate of drug-likeness (QED) is 0.233. The lowest BCUT2D eigenvalue weighted by Gasteiger charge is -2.39. The number of nitrogens with zero attached hydrogens (tertiary/aromatic N) is 1. The number of piperidine rings is 1.